The summed E-state index contributed by atoms with van der Waals surface area (Å²) in [6.45, 7) is 4.45. The van der Waals surface area contributed by atoms with Crippen LogP contribution in [-0.2, 0) is 17.5 Å². The first-order chi connectivity index (χ1) is 9.16. The number of halogens is 3. The van der Waals surface area contributed by atoms with Gasteiger partial charge < -0.3 is 10.6 Å². The first-order valence-electron chi connectivity index (χ1n) is 6.26. The summed E-state index contributed by atoms with van der Waals surface area (Å²) in [4.78, 5) is 11.6. The molecule has 0 saturated carbocycles. The largest absolute Gasteiger partial charge is 0.416 e. The second-order valence-electron chi connectivity index (χ2n) is 5.26. The van der Waals surface area contributed by atoms with Gasteiger partial charge in [-0.3, -0.25) is 4.79 Å². The Hall–Kier alpha value is -1.56. The standard InChI is InChI=1S/C14H19F3N2O/c1-13(2,12(20)18-3)9-19-8-10-4-6-11(7-5-10)14(15,16)17/h4-7,19H,8-9H2,1-3H3,(H,18,20). The fourth-order valence-corrected chi connectivity index (χ4v) is 1.75. The Kier molecular flexibility index (Phi) is 5.16. The van der Waals surface area contributed by atoms with E-state index in [2.05, 4.69) is 10.6 Å². The van der Waals surface area contributed by atoms with Gasteiger partial charge in [-0.1, -0.05) is 12.1 Å². The van der Waals surface area contributed by atoms with Crippen LogP contribution in [0.5, 0.6) is 0 Å². The van der Waals surface area contributed by atoms with E-state index in [1.165, 1.54) is 12.1 Å². The van der Waals surface area contributed by atoms with E-state index >= 15 is 0 Å². The molecule has 0 unspecified atom stereocenters. The monoisotopic (exact) mass is 288 g/mol. The first-order valence-corrected chi connectivity index (χ1v) is 6.26. The fraction of sp³-hybridized carbons (Fsp3) is 0.500. The summed E-state index contributed by atoms with van der Waals surface area (Å²) in [5, 5.41) is 5.65. The molecule has 1 rings (SSSR count). The van der Waals surface area contributed by atoms with Gasteiger partial charge in [0, 0.05) is 20.1 Å². The van der Waals surface area contributed by atoms with Crippen LogP contribution in [-0.4, -0.2) is 19.5 Å². The number of nitrogens with one attached hydrogen (secondary N) is 2. The molecule has 0 aliphatic rings. The predicted octanol–water partition coefficient (Wildman–Crippen LogP) is 2.57. The van der Waals surface area contributed by atoms with E-state index < -0.39 is 17.2 Å². The summed E-state index contributed by atoms with van der Waals surface area (Å²) in [7, 11) is 1.57. The van der Waals surface area contributed by atoms with E-state index in [9.17, 15) is 18.0 Å². The maximum absolute atomic E-state index is 12.4. The lowest BCUT2D eigenvalue weighted by molar-refractivity contribution is -0.137. The first kappa shape index (κ1) is 16.5. The lowest BCUT2D eigenvalue weighted by Gasteiger charge is -2.23. The van der Waals surface area contributed by atoms with E-state index in [1.807, 2.05) is 0 Å². The predicted molar refractivity (Wildman–Crippen MR) is 71.0 cm³/mol. The molecular weight excluding hydrogens is 269 g/mol. The maximum atomic E-state index is 12.4. The van der Waals surface area contributed by atoms with Gasteiger partial charge in [-0.2, -0.15) is 13.2 Å². The molecule has 2 N–H and O–H groups in total. The average Bonchev–Trinajstić information content (AvgIpc) is 2.37. The van der Waals surface area contributed by atoms with Crippen molar-refractivity contribution in [2.75, 3.05) is 13.6 Å². The van der Waals surface area contributed by atoms with Crippen molar-refractivity contribution < 1.29 is 18.0 Å². The third-order valence-corrected chi connectivity index (χ3v) is 3.02. The molecule has 1 aromatic rings. The van der Waals surface area contributed by atoms with Gasteiger partial charge >= 0.3 is 6.18 Å². The van der Waals surface area contributed by atoms with E-state index in [-0.39, 0.29) is 5.91 Å². The van der Waals surface area contributed by atoms with Crippen LogP contribution in [0.15, 0.2) is 24.3 Å². The number of carbonyl (C=O) groups excluding carboxylic acids is 1. The van der Waals surface area contributed by atoms with Crippen LogP contribution >= 0.6 is 0 Å². The molecule has 0 radical (unpaired) electrons. The Morgan fingerprint density at radius 3 is 2.15 bits per heavy atom. The zero-order valence-electron chi connectivity index (χ0n) is 11.8. The second kappa shape index (κ2) is 6.26. The number of rotatable bonds is 5. The zero-order valence-corrected chi connectivity index (χ0v) is 11.8. The normalized spacial score (nSPS) is 12.3. The Bertz CT molecular complexity index is 452. The van der Waals surface area contributed by atoms with Crippen LogP contribution in [0.2, 0.25) is 0 Å². The van der Waals surface area contributed by atoms with Gasteiger partial charge in [-0.05, 0) is 31.5 Å². The van der Waals surface area contributed by atoms with Crippen LogP contribution in [0.3, 0.4) is 0 Å². The molecular formula is C14H19F3N2O. The molecule has 3 nitrogen and oxygen atoms in total. The number of benzene rings is 1. The van der Waals surface area contributed by atoms with Crippen LogP contribution in [0.25, 0.3) is 0 Å². The summed E-state index contributed by atoms with van der Waals surface area (Å²) in [5.41, 5.74) is -0.488. The molecule has 112 valence electrons. The zero-order chi connectivity index (χ0) is 15.4. The summed E-state index contributed by atoms with van der Waals surface area (Å²) < 4.78 is 37.2. The number of amides is 1. The average molecular weight is 288 g/mol. The topological polar surface area (TPSA) is 41.1 Å². The molecule has 0 saturated heterocycles. The van der Waals surface area contributed by atoms with Crippen molar-refractivity contribution in [3.63, 3.8) is 0 Å². The maximum Gasteiger partial charge on any atom is 0.416 e. The Morgan fingerprint density at radius 1 is 1.15 bits per heavy atom. The molecule has 0 bridgehead atoms. The molecule has 0 spiro atoms. The minimum Gasteiger partial charge on any atom is -0.359 e. The van der Waals surface area contributed by atoms with Gasteiger partial charge in [0.05, 0.1) is 11.0 Å². The van der Waals surface area contributed by atoms with Crippen molar-refractivity contribution in [3.05, 3.63) is 35.4 Å². The molecule has 1 aromatic carbocycles. The van der Waals surface area contributed by atoms with Crippen LogP contribution in [0.1, 0.15) is 25.0 Å². The van der Waals surface area contributed by atoms with Crippen molar-refractivity contribution in [1.82, 2.24) is 10.6 Å². The van der Waals surface area contributed by atoms with Crippen molar-refractivity contribution in [3.8, 4) is 0 Å². The SMILES string of the molecule is CNC(=O)C(C)(C)CNCc1ccc(C(F)(F)F)cc1. The molecule has 6 heteroatoms. The number of alkyl halides is 3. The number of hydrogen-bond acceptors (Lipinski definition) is 2. The summed E-state index contributed by atoms with van der Waals surface area (Å²) in [5.74, 6) is -0.0857. The third kappa shape index (κ3) is 4.52. The Balaban J connectivity index is 2.53. The van der Waals surface area contributed by atoms with E-state index in [1.54, 1.807) is 20.9 Å². The van der Waals surface area contributed by atoms with E-state index in [4.69, 9.17) is 0 Å². The molecule has 0 aromatic heterocycles. The van der Waals surface area contributed by atoms with Crippen LogP contribution in [0, 0.1) is 5.41 Å². The van der Waals surface area contributed by atoms with Crippen LogP contribution in [0.4, 0.5) is 13.2 Å². The molecule has 0 fully saturated rings. The smallest absolute Gasteiger partial charge is 0.359 e. The summed E-state index contributed by atoms with van der Waals surface area (Å²) in [6, 6.07) is 4.98. The van der Waals surface area contributed by atoms with Gasteiger partial charge in [-0.15, -0.1) is 0 Å². The van der Waals surface area contributed by atoms with E-state index in [0.29, 0.717) is 13.1 Å². The van der Waals surface area contributed by atoms with Gasteiger partial charge in [-0.25, -0.2) is 0 Å². The van der Waals surface area contributed by atoms with Crippen molar-refractivity contribution in [2.24, 2.45) is 5.41 Å². The highest BCUT2D eigenvalue weighted by Crippen LogP contribution is 2.29. The van der Waals surface area contributed by atoms with Gasteiger partial charge in [0.1, 0.15) is 0 Å². The van der Waals surface area contributed by atoms with E-state index in [0.717, 1.165) is 17.7 Å². The minimum atomic E-state index is -4.31. The van der Waals surface area contributed by atoms with Gasteiger partial charge in [0.2, 0.25) is 5.91 Å². The lowest BCUT2D eigenvalue weighted by Crippen LogP contribution is -2.41. The molecule has 0 atom stereocenters. The van der Waals surface area contributed by atoms with Crippen molar-refractivity contribution >= 4 is 5.91 Å². The minimum absolute atomic E-state index is 0.0857. The molecule has 0 aliphatic heterocycles. The summed E-state index contributed by atoms with van der Waals surface area (Å²) >= 11 is 0. The number of hydrogen-bond donors (Lipinski definition) is 2. The highest BCUT2D eigenvalue weighted by molar-refractivity contribution is 5.81. The molecule has 1 amide bonds. The number of carbonyl (C=O) groups is 1. The molecule has 20 heavy (non-hydrogen) atoms. The summed E-state index contributed by atoms with van der Waals surface area (Å²) in [6.07, 6.45) is -4.31. The van der Waals surface area contributed by atoms with Gasteiger partial charge in [0.15, 0.2) is 0 Å². The van der Waals surface area contributed by atoms with Crippen molar-refractivity contribution in [1.29, 1.82) is 0 Å². The third-order valence-electron chi connectivity index (χ3n) is 3.02. The molecule has 0 aliphatic carbocycles. The highest BCUT2D eigenvalue weighted by atomic mass is 19.4. The quantitative estimate of drug-likeness (QED) is 0.874. The van der Waals surface area contributed by atoms with Gasteiger partial charge in [0.25, 0.3) is 0 Å². The Morgan fingerprint density at radius 2 is 1.70 bits per heavy atom. The lowest BCUT2D eigenvalue weighted by atomic mass is 9.92. The second-order valence-corrected chi connectivity index (χ2v) is 5.26. The fourth-order valence-electron chi connectivity index (χ4n) is 1.75. The highest BCUT2D eigenvalue weighted by Gasteiger charge is 2.30. The molecule has 0 heterocycles. The Labute approximate surface area is 116 Å². The van der Waals surface area contributed by atoms with Crippen LogP contribution < -0.4 is 10.6 Å². The van der Waals surface area contributed by atoms with Crippen molar-refractivity contribution in [2.45, 2.75) is 26.6 Å².